The normalized spacial score (nSPS) is 34.7. The summed E-state index contributed by atoms with van der Waals surface area (Å²) in [4.78, 5) is 31.0. The number of fused-ring (bicyclic) bond motifs is 4. The highest BCUT2D eigenvalue weighted by atomic mass is 16.2. The molecule has 0 amide bonds. The standard InChI is InChI=1S/C24H17NO2/c26-19-10-23-12-22(19)13-24(23,11-20(22)27)17-9-14-5-1-4-8-18(14)25-21(17)15-6-2-3-7-16(15)23/h1-9H,10-13H2. The average molecular weight is 351 g/mol. The predicted octanol–water partition coefficient (Wildman–Crippen LogP) is 4.12. The zero-order valence-electron chi connectivity index (χ0n) is 14.8. The van der Waals surface area contributed by atoms with Gasteiger partial charge in [0.1, 0.15) is 11.6 Å². The molecule has 3 heteroatoms. The number of rotatable bonds is 0. The Balaban J connectivity index is 1.67. The van der Waals surface area contributed by atoms with Crippen molar-refractivity contribution in [2.45, 2.75) is 36.5 Å². The number of para-hydroxylation sites is 1. The first-order valence-electron chi connectivity index (χ1n) is 9.67. The summed E-state index contributed by atoms with van der Waals surface area (Å²) in [6.07, 6.45) is 2.36. The van der Waals surface area contributed by atoms with Gasteiger partial charge in [-0.2, -0.15) is 0 Å². The SMILES string of the molecule is O=C1CC23CC14CC2(CC4=O)c1cc2ccccc2nc1-c1ccccc13. The Morgan fingerprint density at radius 2 is 1.44 bits per heavy atom. The number of hydrogen-bond acceptors (Lipinski definition) is 3. The molecule has 0 saturated heterocycles. The number of hydrogen-bond donors (Lipinski definition) is 0. The van der Waals surface area contributed by atoms with Gasteiger partial charge in [-0.25, -0.2) is 4.98 Å². The van der Waals surface area contributed by atoms with Gasteiger partial charge >= 0.3 is 0 Å². The van der Waals surface area contributed by atoms with Crippen molar-refractivity contribution in [2.24, 2.45) is 5.41 Å². The van der Waals surface area contributed by atoms with E-state index in [-0.39, 0.29) is 22.4 Å². The number of Topliss-reactive ketones (excluding diaryl/α,β-unsaturated/α-hetero) is 2. The third kappa shape index (κ3) is 1.28. The topological polar surface area (TPSA) is 47.0 Å². The molecule has 3 nitrogen and oxygen atoms in total. The lowest BCUT2D eigenvalue weighted by atomic mass is 9.52. The van der Waals surface area contributed by atoms with Crippen molar-refractivity contribution in [3.05, 3.63) is 65.7 Å². The molecule has 3 aromatic rings. The van der Waals surface area contributed by atoms with Crippen LogP contribution in [0.4, 0.5) is 0 Å². The first-order valence-corrected chi connectivity index (χ1v) is 9.67. The molecule has 3 unspecified atom stereocenters. The van der Waals surface area contributed by atoms with Gasteiger partial charge in [-0.1, -0.05) is 42.5 Å². The highest BCUT2D eigenvalue weighted by molar-refractivity contribution is 6.15. The van der Waals surface area contributed by atoms with Gasteiger partial charge in [0.15, 0.2) is 0 Å². The van der Waals surface area contributed by atoms with Gasteiger partial charge in [0.25, 0.3) is 0 Å². The Morgan fingerprint density at radius 3 is 2.26 bits per heavy atom. The molecule has 3 saturated carbocycles. The minimum absolute atomic E-state index is 0.166. The van der Waals surface area contributed by atoms with E-state index in [1.54, 1.807) is 0 Å². The van der Waals surface area contributed by atoms with Crippen molar-refractivity contribution >= 4 is 22.5 Å². The Bertz CT molecular complexity index is 1240. The van der Waals surface area contributed by atoms with Crippen LogP contribution in [0.5, 0.6) is 0 Å². The molecule has 1 heterocycles. The maximum atomic E-state index is 13.0. The summed E-state index contributed by atoms with van der Waals surface area (Å²) in [6, 6.07) is 18.9. The van der Waals surface area contributed by atoms with Crippen LogP contribution in [0.15, 0.2) is 54.6 Å². The van der Waals surface area contributed by atoms with Crippen LogP contribution < -0.4 is 0 Å². The highest BCUT2D eigenvalue weighted by Crippen LogP contribution is 2.78. The summed E-state index contributed by atoms with van der Waals surface area (Å²) < 4.78 is 0. The lowest BCUT2D eigenvalue weighted by Gasteiger charge is -2.50. The van der Waals surface area contributed by atoms with Gasteiger partial charge in [0.05, 0.1) is 16.6 Å². The van der Waals surface area contributed by atoms with E-state index in [0.29, 0.717) is 25.7 Å². The number of aromatic nitrogens is 1. The Morgan fingerprint density at radius 1 is 0.778 bits per heavy atom. The highest BCUT2D eigenvalue weighted by Gasteiger charge is 2.80. The van der Waals surface area contributed by atoms with Crippen molar-refractivity contribution in [3.8, 4) is 11.3 Å². The number of pyridine rings is 1. The predicted molar refractivity (Wildman–Crippen MR) is 101 cm³/mol. The minimum atomic E-state index is -0.736. The molecule has 130 valence electrons. The molecule has 4 aliphatic carbocycles. The minimum Gasteiger partial charge on any atom is -0.299 e. The maximum Gasteiger partial charge on any atom is 0.147 e. The van der Waals surface area contributed by atoms with Crippen molar-refractivity contribution in [1.82, 2.24) is 4.98 Å². The molecule has 4 aliphatic rings. The largest absolute Gasteiger partial charge is 0.299 e. The summed E-state index contributed by atoms with van der Waals surface area (Å²) in [5, 5.41) is 1.11. The van der Waals surface area contributed by atoms with E-state index in [9.17, 15) is 9.59 Å². The first kappa shape index (κ1) is 14.3. The Kier molecular flexibility index (Phi) is 2.13. The molecule has 3 fully saturated rings. The molecular weight excluding hydrogens is 334 g/mol. The molecular formula is C24H17NO2. The quantitative estimate of drug-likeness (QED) is 0.573. The molecule has 0 N–H and O–H groups in total. The van der Waals surface area contributed by atoms with Crippen LogP contribution in [0.2, 0.25) is 0 Å². The smallest absolute Gasteiger partial charge is 0.147 e. The van der Waals surface area contributed by atoms with Gasteiger partial charge in [-0.05, 0) is 36.1 Å². The van der Waals surface area contributed by atoms with E-state index in [0.717, 1.165) is 22.2 Å². The molecule has 3 bridgehead atoms. The molecule has 3 atom stereocenters. The third-order valence-electron chi connectivity index (χ3n) is 8.05. The van der Waals surface area contributed by atoms with E-state index in [2.05, 4.69) is 36.4 Å². The van der Waals surface area contributed by atoms with Crippen molar-refractivity contribution in [3.63, 3.8) is 0 Å². The van der Waals surface area contributed by atoms with Crippen molar-refractivity contribution < 1.29 is 9.59 Å². The fourth-order valence-electron chi connectivity index (χ4n) is 7.02. The number of ketones is 2. The second-order valence-electron chi connectivity index (χ2n) is 8.92. The molecule has 7 rings (SSSR count). The zero-order valence-corrected chi connectivity index (χ0v) is 14.8. The third-order valence-corrected chi connectivity index (χ3v) is 8.05. The van der Waals surface area contributed by atoms with Gasteiger partial charge in [0, 0.05) is 34.6 Å². The summed E-state index contributed by atoms with van der Waals surface area (Å²) in [6.45, 7) is 0. The van der Waals surface area contributed by atoms with Crippen LogP contribution in [-0.4, -0.2) is 16.6 Å². The second kappa shape index (κ2) is 4.04. The fourth-order valence-corrected chi connectivity index (χ4v) is 7.02. The van der Waals surface area contributed by atoms with Gasteiger partial charge < -0.3 is 0 Å². The Hall–Kier alpha value is -2.81. The van der Waals surface area contributed by atoms with E-state index in [1.165, 1.54) is 11.1 Å². The molecule has 27 heavy (non-hydrogen) atoms. The second-order valence-corrected chi connectivity index (χ2v) is 8.92. The van der Waals surface area contributed by atoms with Gasteiger partial charge in [0.2, 0.25) is 0 Å². The van der Waals surface area contributed by atoms with Crippen LogP contribution >= 0.6 is 0 Å². The number of benzene rings is 2. The van der Waals surface area contributed by atoms with Crippen LogP contribution in [0.3, 0.4) is 0 Å². The van der Waals surface area contributed by atoms with E-state index in [4.69, 9.17) is 4.98 Å². The first-order chi connectivity index (χ1) is 13.1. The van der Waals surface area contributed by atoms with Gasteiger partial charge in [-0.15, -0.1) is 0 Å². The van der Waals surface area contributed by atoms with Crippen LogP contribution in [-0.2, 0) is 20.4 Å². The van der Waals surface area contributed by atoms with E-state index < -0.39 is 5.41 Å². The van der Waals surface area contributed by atoms with Crippen LogP contribution in [0.25, 0.3) is 22.2 Å². The summed E-state index contributed by atoms with van der Waals surface area (Å²) >= 11 is 0. The van der Waals surface area contributed by atoms with Crippen LogP contribution in [0.1, 0.15) is 36.8 Å². The monoisotopic (exact) mass is 351 g/mol. The summed E-state index contributed by atoms with van der Waals surface area (Å²) in [7, 11) is 0. The fraction of sp³-hybridized carbons (Fsp3) is 0.292. The Labute approximate surface area is 156 Å². The molecule has 1 aromatic heterocycles. The molecule has 0 aliphatic heterocycles. The van der Waals surface area contributed by atoms with E-state index in [1.807, 2.05) is 18.2 Å². The summed E-state index contributed by atoms with van der Waals surface area (Å²) in [5.41, 5.74) is 4.34. The van der Waals surface area contributed by atoms with Crippen molar-refractivity contribution in [1.29, 1.82) is 0 Å². The van der Waals surface area contributed by atoms with Crippen molar-refractivity contribution in [2.75, 3.05) is 0 Å². The maximum absolute atomic E-state index is 13.0. The number of nitrogens with zero attached hydrogens (tertiary/aromatic N) is 1. The number of carbonyl (C=O) groups is 2. The zero-order chi connectivity index (χ0) is 18.0. The lowest BCUT2D eigenvalue weighted by molar-refractivity contribution is -0.136. The van der Waals surface area contributed by atoms with E-state index >= 15 is 0 Å². The molecule has 0 radical (unpaired) electrons. The molecule has 3 spiro atoms. The van der Waals surface area contributed by atoms with Crippen LogP contribution in [0, 0.1) is 5.41 Å². The lowest BCUT2D eigenvalue weighted by Crippen LogP contribution is -2.48. The summed E-state index contributed by atoms with van der Waals surface area (Å²) in [5.74, 6) is 0.340. The number of carbonyl (C=O) groups excluding carboxylic acids is 2. The van der Waals surface area contributed by atoms with Gasteiger partial charge in [-0.3, -0.25) is 9.59 Å². The average Bonchev–Trinajstić information content (AvgIpc) is 3.26. The molecule has 2 aromatic carbocycles.